The van der Waals surface area contributed by atoms with E-state index in [1.807, 2.05) is 30.3 Å². The van der Waals surface area contributed by atoms with Crippen LogP contribution in [0.4, 0.5) is 0 Å². The van der Waals surface area contributed by atoms with Crippen molar-refractivity contribution >= 4 is 26.0 Å². The highest BCUT2D eigenvalue weighted by Gasteiger charge is 2.18. The van der Waals surface area contributed by atoms with Crippen molar-refractivity contribution in [2.24, 2.45) is 5.14 Å². The maximum absolute atomic E-state index is 12.7. The Bertz CT molecular complexity index is 1320. The van der Waals surface area contributed by atoms with Crippen LogP contribution in [0, 0.1) is 0 Å². The van der Waals surface area contributed by atoms with Crippen molar-refractivity contribution in [1.29, 1.82) is 0 Å². The molecule has 3 aromatic rings. The molecule has 0 aliphatic heterocycles. The van der Waals surface area contributed by atoms with Crippen LogP contribution in [0.5, 0.6) is 0 Å². The maximum atomic E-state index is 12.7. The molecule has 3 aromatic carbocycles. The fraction of sp³-hybridized carbons (Fsp3) is 0.208. The largest absolute Gasteiger partial charge is 0.352 e. The number of amides is 1. The van der Waals surface area contributed by atoms with E-state index in [4.69, 9.17) is 5.14 Å². The zero-order chi connectivity index (χ0) is 24.8. The van der Waals surface area contributed by atoms with Crippen LogP contribution in [-0.2, 0) is 37.8 Å². The average Bonchev–Trinajstić information content (AvgIpc) is 2.81. The summed E-state index contributed by atoms with van der Waals surface area (Å²) in [7, 11) is -7.43. The summed E-state index contributed by atoms with van der Waals surface area (Å²) >= 11 is 0. The summed E-state index contributed by atoms with van der Waals surface area (Å²) in [6, 6.07) is 21.3. The minimum absolute atomic E-state index is 0.0118. The molecular formula is C24H27N3O5S2. The second-order valence-electron chi connectivity index (χ2n) is 7.86. The zero-order valence-corrected chi connectivity index (χ0v) is 20.3. The van der Waals surface area contributed by atoms with Crippen molar-refractivity contribution in [2.75, 3.05) is 0 Å². The number of aryl methyl sites for hydroxylation is 1. The minimum Gasteiger partial charge on any atom is -0.352 e. The topological polar surface area (TPSA) is 135 Å². The van der Waals surface area contributed by atoms with E-state index in [0.717, 1.165) is 16.7 Å². The lowest BCUT2D eigenvalue weighted by atomic mass is 10.1. The number of rotatable bonds is 10. The average molecular weight is 502 g/mol. The van der Waals surface area contributed by atoms with Gasteiger partial charge in [-0.05, 0) is 54.3 Å². The van der Waals surface area contributed by atoms with Gasteiger partial charge in [0, 0.05) is 19.0 Å². The Morgan fingerprint density at radius 1 is 0.824 bits per heavy atom. The third-order valence-corrected chi connectivity index (χ3v) is 7.73. The first-order chi connectivity index (χ1) is 16.0. The molecule has 0 bridgehead atoms. The summed E-state index contributed by atoms with van der Waals surface area (Å²) in [6.45, 7) is 2.04. The molecule has 0 aromatic heterocycles. The predicted molar refractivity (Wildman–Crippen MR) is 130 cm³/mol. The van der Waals surface area contributed by atoms with Crippen LogP contribution in [-0.4, -0.2) is 22.7 Å². The summed E-state index contributed by atoms with van der Waals surface area (Å²) in [5, 5.41) is 7.84. The second-order valence-corrected chi connectivity index (χ2v) is 11.1. The third kappa shape index (κ3) is 7.22. The smallest absolute Gasteiger partial charge is 0.241 e. The number of nitrogens with one attached hydrogen (secondary N) is 2. The molecule has 34 heavy (non-hydrogen) atoms. The molecule has 0 aliphatic rings. The van der Waals surface area contributed by atoms with Gasteiger partial charge in [0.25, 0.3) is 0 Å². The number of hydrogen-bond donors (Lipinski definition) is 3. The van der Waals surface area contributed by atoms with E-state index in [9.17, 15) is 21.6 Å². The van der Waals surface area contributed by atoms with Gasteiger partial charge in [0.2, 0.25) is 26.0 Å². The summed E-state index contributed by atoms with van der Waals surface area (Å²) in [4.78, 5) is 12.3. The normalized spacial score (nSPS) is 12.8. The van der Waals surface area contributed by atoms with E-state index in [1.54, 1.807) is 31.2 Å². The molecule has 8 nitrogen and oxygen atoms in total. The maximum Gasteiger partial charge on any atom is 0.241 e. The first-order valence-electron chi connectivity index (χ1n) is 10.6. The van der Waals surface area contributed by atoms with E-state index in [-0.39, 0.29) is 34.7 Å². The molecule has 1 atom stereocenters. The van der Waals surface area contributed by atoms with Gasteiger partial charge in [-0.1, -0.05) is 54.6 Å². The minimum atomic E-state index is -3.75. The van der Waals surface area contributed by atoms with Crippen molar-refractivity contribution in [3.63, 3.8) is 0 Å². The first kappa shape index (κ1) is 25.6. The molecule has 0 unspecified atom stereocenters. The van der Waals surface area contributed by atoms with Gasteiger partial charge in [0.05, 0.1) is 9.79 Å². The molecular weight excluding hydrogens is 474 g/mol. The Morgan fingerprint density at radius 3 is 1.97 bits per heavy atom. The van der Waals surface area contributed by atoms with Crippen molar-refractivity contribution in [3.8, 4) is 0 Å². The number of hydrogen-bond acceptors (Lipinski definition) is 5. The number of primary sulfonamides is 1. The number of nitrogens with two attached hydrogens (primary N) is 1. The predicted octanol–water partition coefficient (Wildman–Crippen LogP) is 2.62. The Labute approximate surface area is 200 Å². The molecule has 3 rings (SSSR count). The Morgan fingerprint density at radius 2 is 1.38 bits per heavy atom. The zero-order valence-electron chi connectivity index (χ0n) is 18.6. The number of benzene rings is 3. The van der Waals surface area contributed by atoms with Gasteiger partial charge in [-0.2, -0.15) is 0 Å². The van der Waals surface area contributed by atoms with Gasteiger partial charge in [0.1, 0.15) is 0 Å². The molecule has 0 saturated heterocycles. The lowest BCUT2D eigenvalue weighted by Crippen LogP contribution is -2.26. The van der Waals surface area contributed by atoms with Gasteiger partial charge in [-0.3, -0.25) is 4.79 Å². The monoisotopic (exact) mass is 501 g/mol. The van der Waals surface area contributed by atoms with Gasteiger partial charge in [-0.25, -0.2) is 26.7 Å². The Kier molecular flexibility index (Phi) is 8.21. The Balaban J connectivity index is 1.50. The summed E-state index contributed by atoms with van der Waals surface area (Å²) in [5.41, 5.74) is 2.45. The SMILES string of the molecule is C[C@@H](NS(=O)(=O)c1ccc(CCC(=O)NCc2ccc(S(N)(=O)=O)cc2)cc1)c1ccccc1. The van der Waals surface area contributed by atoms with Crippen LogP contribution in [0.25, 0.3) is 0 Å². The fourth-order valence-corrected chi connectivity index (χ4v) is 5.04. The molecule has 0 heterocycles. The lowest BCUT2D eigenvalue weighted by molar-refractivity contribution is -0.121. The van der Waals surface area contributed by atoms with Crippen LogP contribution in [0.1, 0.15) is 36.1 Å². The molecule has 0 spiro atoms. The van der Waals surface area contributed by atoms with Crippen molar-refractivity contribution in [1.82, 2.24) is 10.0 Å². The Hall–Kier alpha value is -3.05. The van der Waals surface area contributed by atoms with Crippen LogP contribution in [0.3, 0.4) is 0 Å². The quantitative estimate of drug-likeness (QED) is 0.392. The molecule has 1 amide bonds. The summed E-state index contributed by atoms with van der Waals surface area (Å²) in [5.74, 6) is -0.175. The van der Waals surface area contributed by atoms with Gasteiger partial charge < -0.3 is 5.32 Å². The molecule has 0 aliphatic carbocycles. The van der Waals surface area contributed by atoms with Gasteiger partial charge >= 0.3 is 0 Å². The van der Waals surface area contributed by atoms with E-state index in [2.05, 4.69) is 10.0 Å². The number of sulfonamides is 2. The van der Waals surface area contributed by atoms with Gasteiger partial charge in [0.15, 0.2) is 0 Å². The van der Waals surface area contributed by atoms with E-state index >= 15 is 0 Å². The highest BCUT2D eigenvalue weighted by atomic mass is 32.2. The summed E-state index contributed by atoms with van der Waals surface area (Å²) in [6.07, 6.45) is 0.676. The third-order valence-electron chi connectivity index (χ3n) is 5.25. The van der Waals surface area contributed by atoms with Crippen molar-refractivity contribution in [2.45, 2.75) is 42.1 Å². The highest BCUT2D eigenvalue weighted by molar-refractivity contribution is 7.89. The van der Waals surface area contributed by atoms with Crippen molar-refractivity contribution < 1.29 is 21.6 Å². The van der Waals surface area contributed by atoms with E-state index < -0.39 is 20.0 Å². The van der Waals surface area contributed by atoms with Crippen LogP contribution >= 0.6 is 0 Å². The van der Waals surface area contributed by atoms with Crippen LogP contribution in [0.2, 0.25) is 0 Å². The lowest BCUT2D eigenvalue weighted by Gasteiger charge is -2.15. The number of carbonyl (C=O) groups is 1. The fourth-order valence-electron chi connectivity index (χ4n) is 3.29. The summed E-state index contributed by atoms with van der Waals surface area (Å²) < 4.78 is 50.6. The van der Waals surface area contributed by atoms with E-state index in [0.29, 0.717) is 6.42 Å². The van der Waals surface area contributed by atoms with Crippen LogP contribution < -0.4 is 15.2 Å². The first-order valence-corrected chi connectivity index (χ1v) is 13.6. The standard InChI is InChI=1S/C24H27N3O5S2/c1-18(21-5-3-2-4-6-21)27-34(31,32)23-14-7-19(8-15-23)11-16-24(28)26-17-20-9-12-22(13-10-20)33(25,29)30/h2-10,12-15,18,27H,11,16-17H2,1H3,(H,26,28)(H2,25,29,30)/t18-/m1/s1. The van der Waals surface area contributed by atoms with Gasteiger partial charge in [-0.15, -0.1) is 0 Å². The molecule has 10 heteroatoms. The molecule has 180 valence electrons. The highest BCUT2D eigenvalue weighted by Crippen LogP contribution is 2.18. The van der Waals surface area contributed by atoms with Crippen molar-refractivity contribution in [3.05, 3.63) is 95.6 Å². The molecule has 4 N–H and O–H groups in total. The molecule has 0 fully saturated rings. The molecule has 0 radical (unpaired) electrons. The van der Waals surface area contributed by atoms with Crippen LogP contribution in [0.15, 0.2) is 88.7 Å². The number of carbonyl (C=O) groups excluding carboxylic acids is 1. The molecule has 0 saturated carbocycles. The van der Waals surface area contributed by atoms with E-state index in [1.165, 1.54) is 24.3 Å². The second kappa shape index (κ2) is 10.9.